The molecule has 3 aromatic rings. The number of hydrogen-bond acceptors (Lipinski definition) is 6. The highest BCUT2D eigenvalue weighted by Gasteiger charge is 2.34. The number of rotatable bonds is 2. The van der Waals surface area contributed by atoms with Gasteiger partial charge in [-0.2, -0.15) is 0 Å². The Kier molecular flexibility index (Phi) is 4.04. The summed E-state index contributed by atoms with van der Waals surface area (Å²) in [5.41, 5.74) is 3.01. The van der Waals surface area contributed by atoms with E-state index in [1.165, 1.54) is 16.7 Å². The van der Waals surface area contributed by atoms with Crippen LogP contribution in [0.15, 0.2) is 46.1 Å². The summed E-state index contributed by atoms with van der Waals surface area (Å²) >= 11 is 6.69. The minimum absolute atomic E-state index is 0.0914. The Morgan fingerprint density at radius 3 is 2.59 bits per heavy atom. The van der Waals surface area contributed by atoms with Crippen LogP contribution in [0.25, 0.3) is 17.1 Å². The van der Waals surface area contributed by atoms with Crippen LogP contribution in [-0.4, -0.2) is 26.2 Å². The fourth-order valence-corrected chi connectivity index (χ4v) is 4.78. The van der Waals surface area contributed by atoms with E-state index < -0.39 is 0 Å². The number of hydrogen-bond donors (Lipinski definition) is 0. The number of aromatic nitrogens is 2. The molecule has 1 saturated heterocycles. The van der Waals surface area contributed by atoms with Crippen molar-refractivity contribution in [2.45, 2.75) is 0 Å². The summed E-state index contributed by atoms with van der Waals surface area (Å²) in [6, 6.07) is 11.0. The summed E-state index contributed by atoms with van der Waals surface area (Å²) in [6.45, 7) is 0.168. The molecule has 1 aromatic heterocycles. The number of carbonyl (C=O) groups is 1. The van der Waals surface area contributed by atoms with Crippen molar-refractivity contribution in [3.8, 4) is 11.5 Å². The Morgan fingerprint density at radius 2 is 1.76 bits per heavy atom. The van der Waals surface area contributed by atoms with Gasteiger partial charge < -0.3 is 9.47 Å². The Hall–Kier alpha value is -3.04. The third-order valence-corrected chi connectivity index (χ3v) is 6.30. The number of benzene rings is 2. The van der Waals surface area contributed by atoms with E-state index in [4.69, 9.17) is 21.7 Å². The second kappa shape index (κ2) is 6.50. The molecule has 2 aliphatic heterocycles. The third-order valence-electron chi connectivity index (χ3n) is 5.00. The molecule has 0 bridgehead atoms. The highest BCUT2D eigenvalue weighted by atomic mass is 32.2. The van der Waals surface area contributed by atoms with Crippen molar-refractivity contribution in [3.05, 3.63) is 57.4 Å². The number of aryl methyl sites for hydroxylation is 2. The molecule has 5 rings (SSSR count). The lowest BCUT2D eigenvalue weighted by Gasteiger charge is -2.14. The average Bonchev–Trinajstić information content (AvgIpc) is 3.35. The fraction of sp³-hybridized carbons (Fsp3) is 0.150. The van der Waals surface area contributed by atoms with E-state index in [0.29, 0.717) is 26.4 Å². The van der Waals surface area contributed by atoms with Crippen LogP contribution in [0.3, 0.4) is 0 Å². The molecule has 1 amide bonds. The normalized spacial score (nSPS) is 17.2. The lowest BCUT2D eigenvalue weighted by molar-refractivity contribution is -0.113. The number of nitrogens with zero attached hydrogens (tertiary/aromatic N) is 3. The van der Waals surface area contributed by atoms with Gasteiger partial charge in [-0.1, -0.05) is 30.0 Å². The number of thioether (sulfide) groups is 1. The lowest BCUT2D eigenvalue weighted by atomic mass is 10.1. The molecule has 0 atom stereocenters. The van der Waals surface area contributed by atoms with Crippen LogP contribution in [-0.2, 0) is 18.9 Å². The smallest absolute Gasteiger partial charge is 0.328 e. The summed E-state index contributed by atoms with van der Waals surface area (Å²) in [7, 11) is 3.47. The quantitative estimate of drug-likeness (QED) is 0.465. The second-order valence-corrected chi connectivity index (χ2v) is 8.38. The molecule has 0 N–H and O–H groups in total. The van der Waals surface area contributed by atoms with Crippen molar-refractivity contribution in [3.63, 3.8) is 0 Å². The molecule has 2 aromatic carbocycles. The maximum absolute atomic E-state index is 13.0. The predicted molar refractivity (Wildman–Crippen MR) is 116 cm³/mol. The number of ether oxygens (including phenoxy) is 2. The van der Waals surface area contributed by atoms with Crippen LogP contribution < -0.4 is 20.1 Å². The summed E-state index contributed by atoms with van der Waals surface area (Å²) in [5.74, 6) is 1.05. The van der Waals surface area contributed by atoms with E-state index >= 15 is 0 Å². The maximum Gasteiger partial charge on any atom is 0.328 e. The number of amides is 1. The lowest BCUT2D eigenvalue weighted by Crippen LogP contribution is -2.27. The minimum Gasteiger partial charge on any atom is -0.454 e. The number of thiocarbonyl (C=S) groups is 1. The van der Waals surface area contributed by atoms with Crippen LogP contribution in [0.1, 0.15) is 5.56 Å². The van der Waals surface area contributed by atoms with E-state index in [0.717, 1.165) is 16.6 Å². The molecule has 2 aliphatic rings. The zero-order chi connectivity index (χ0) is 20.3. The maximum atomic E-state index is 13.0. The molecule has 1 fully saturated rings. The second-order valence-electron chi connectivity index (χ2n) is 6.70. The van der Waals surface area contributed by atoms with Crippen LogP contribution in [0.2, 0.25) is 0 Å². The number of imidazole rings is 1. The highest BCUT2D eigenvalue weighted by molar-refractivity contribution is 8.27. The van der Waals surface area contributed by atoms with Gasteiger partial charge in [-0.05, 0) is 35.9 Å². The monoisotopic (exact) mass is 425 g/mol. The molecular formula is C20H15N3O4S2. The van der Waals surface area contributed by atoms with Gasteiger partial charge in [-0.15, -0.1) is 0 Å². The van der Waals surface area contributed by atoms with Gasteiger partial charge in [0.25, 0.3) is 5.91 Å². The van der Waals surface area contributed by atoms with Crippen LogP contribution in [0.4, 0.5) is 5.69 Å². The molecule has 9 heteroatoms. The van der Waals surface area contributed by atoms with Crippen molar-refractivity contribution in [1.29, 1.82) is 0 Å². The van der Waals surface area contributed by atoms with E-state index in [1.807, 2.05) is 18.2 Å². The van der Waals surface area contributed by atoms with Crippen molar-refractivity contribution >= 4 is 57.0 Å². The van der Waals surface area contributed by atoms with Crippen LogP contribution in [0, 0.1) is 0 Å². The summed E-state index contributed by atoms with van der Waals surface area (Å²) in [4.78, 5) is 27.2. The van der Waals surface area contributed by atoms with E-state index in [1.54, 1.807) is 47.5 Å². The largest absolute Gasteiger partial charge is 0.454 e. The topological polar surface area (TPSA) is 65.7 Å². The first kappa shape index (κ1) is 18.0. The number of fused-ring (bicyclic) bond motifs is 2. The van der Waals surface area contributed by atoms with Crippen molar-refractivity contribution in [1.82, 2.24) is 9.13 Å². The first-order valence-electron chi connectivity index (χ1n) is 8.77. The Balaban J connectivity index is 1.51. The molecule has 0 radical (unpaired) electrons. The van der Waals surface area contributed by atoms with Gasteiger partial charge in [0.05, 0.1) is 21.6 Å². The van der Waals surface area contributed by atoms with E-state index in [9.17, 15) is 9.59 Å². The number of anilines is 1. The van der Waals surface area contributed by atoms with Gasteiger partial charge in [0, 0.05) is 20.2 Å². The van der Waals surface area contributed by atoms with Gasteiger partial charge in [0.1, 0.15) is 0 Å². The predicted octanol–water partition coefficient (Wildman–Crippen LogP) is 3.01. The summed E-state index contributed by atoms with van der Waals surface area (Å²) in [6.07, 6.45) is 1.79. The Labute approximate surface area is 175 Å². The SMILES string of the molecule is Cn1c(=O)n(C)c2cc(C=C3SC(=S)N(c4ccc5c(c4)OCO5)C3=O)ccc21. The Morgan fingerprint density at radius 1 is 1.00 bits per heavy atom. The molecule has 3 heterocycles. The zero-order valence-corrected chi connectivity index (χ0v) is 17.2. The zero-order valence-electron chi connectivity index (χ0n) is 15.5. The first-order chi connectivity index (χ1) is 13.9. The Bertz CT molecular complexity index is 1310. The molecule has 0 saturated carbocycles. The molecule has 0 spiro atoms. The molecule has 0 unspecified atom stereocenters. The van der Waals surface area contributed by atoms with Crippen LogP contribution >= 0.6 is 24.0 Å². The molecule has 0 aliphatic carbocycles. The van der Waals surface area contributed by atoms with Crippen molar-refractivity contribution in [2.75, 3.05) is 11.7 Å². The van der Waals surface area contributed by atoms with Crippen molar-refractivity contribution < 1.29 is 14.3 Å². The molecule has 29 heavy (non-hydrogen) atoms. The van der Waals surface area contributed by atoms with Crippen LogP contribution in [0.5, 0.6) is 11.5 Å². The average molecular weight is 425 g/mol. The summed E-state index contributed by atoms with van der Waals surface area (Å²) < 4.78 is 14.4. The van der Waals surface area contributed by atoms with E-state index in [-0.39, 0.29) is 18.4 Å². The molecule has 7 nitrogen and oxygen atoms in total. The number of carbonyl (C=O) groups excluding carboxylic acids is 1. The van der Waals surface area contributed by atoms with Gasteiger partial charge in [-0.25, -0.2) is 4.79 Å². The standard InChI is InChI=1S/C20H15N3O4S2/c1-21-13-5-3-11(7-14(13)22(2)19(21)25)8-17-18(24)23(20(28)29-17)12-4-6-15-16(9-12)27-10-26-15/h3-9H,10H2,1-2H3. The van der Waals surface area contributed by atoms with Crippen molar-refractivity contribution in [2.24, 2.45) is 14.1 Å². The fourth-order valence-electron chi connectivity index (χ4n) is 3.48. The molecule has 146 valence electrons. The van der Waals surface area contributed by atoms with E-state index in [2.05, 4.69) is 0 Å². The highest BCUT2D eigenvalue weighted by Crippen LogP contribution is 2.40. The first-order valence-corrected chi connectivity index (χ1v) is 9.99. The minimum atomic E-state index is -0.194. The third kappa shape index (κ3) is 2.77. The molecular weight excluding hydrogens is 410 g/mol. The van der Waals surface area contributed by atoms with Gasteiger partial charge in [0.15, 0.2) is 15.8 Å². The summed E-state index contributed by atoms with van der Waals surface area (Å²) in [5, 5.41) is 0. The van der Waals surface area contributed by atoms with Gasteiger partial charge >= 0.3 is 5.69 Å². The van der Waals surface area contributed by atoms with Gasteiger partial charge in [0.2, 0.25) is 6.79 Å². The van der Waals surface area contributed by atoms with Gasteiger partial charge in [-0.3, -0.25) is 18.8 Å².